The molecule has 0 saturated heterocycles. The SMILES string of the molecule is C.NNC(=O)c1cccc(O)c1.[C-]#[N+]c1ccc(C[C@@H](C(=O)NNC(=O)c2cccc(O)c2)[C@H](C)O)c(C)c1Cl.[C-]#[N+]c1ccc(C[C@@H](C(=O)O)[C@H](C)O)c(C)c1Cl. The van der Waals surface area contributed by atoms with Crippen LogP contribution in [0.15, 0.2) is 72.8 Å². The topological polar surface area (TPSA) is 240 Å². The van der Waals surface area contributed by atoms with Crippen molar-refractivity contribution >= 4 is 58.3 Å². The molecule has 0 aliphatic rings. The van der Waals surface area contributed by atoms with E-state index in [4.69, 9.17) is 52.4 Å². The number of nitrogen functional groups attached to an aromatic ring is 1. The third-order valence-corrected chi connectivity index (χ3v) is 9.50. The smallest absolute Gasteiger partial charge is 0.309 e. The molecular weight excluding hydrogens is 791 g/mol. The Kier molecular flexibility index (Phi) is 20.4. The third kappa shape index (κ3) is 14.4. The predicted octanol–water partition coefficient (Wildman–Crippen LogP) is 6.36. The molecule has 0 aliphatic carbocycles. The number of hydrogen-bond donors (Lipinski definition) is 9. The van der Waals surface area contributed by atoms with Crippen LogP contribution in [0, 0.1) is 38.8 Å². The summed E-state index contributed by atoms with van der Waals surface area (Å²) in [6.07, 6.45) is -1.57. The number of phenols is 2. The van der Waals surface area contributed by atoms with E-state index in [1.54, 1.807) is 50.2 Å². The molecule has 15 nitrogen and oxygen atoms in total. The van der Waals surface area contributed by atoms with Crippen LogP contribution in [0.1, 0.15) is 64.2 Å². The maximum atomic E-state index is 12.5. The second kappa shape index (κ2) is 23.8. The average Bonchev–Trinajstić information content (AvgIpc) is 3.17. The number of aromatic hydroxyl groups is 2. The van der Waals surface area contributed by atoms with Crippen LogP contribution in [0.5, 0.6) is 11.5 Å². The van der Waals surface area contributed by atoms with E-state index in [-0.39, 0.29) is 37.3 Å². The summed E-state index contributed by atoms with van der Waals surface area (Å²) in [5, 5.41) is 47.5. The summed E-state index contributed by atoms with van der Waals surface area (Å²) in [5.41, 5.74) is 10.5. The van der Waals surface area contributed by atoms with Gasteiger partial charge in [0.2, 0.25) is 17.3 Å². The van der Waals surface area contributed by atoms with Crippen LogP contribution in [0.4, 0.5) is 11.4 Å². The molecule has 17 heteroatoms. The first kappa shape index (κ1) is 49.8. The zero-order valence-electron chi connectivity index (χ0n) is 31.2. The lowest BCUT2D eigenvalue weighted by molar-refractivity contribution is -0.145. The normalized spacial score (nSPS) is 12.1. The van der Waals surface area contributed by atoms with Crippen LogP contribution in [0.2, 0.25) is 10.0 Å². The number of aliphatic carboxylic acids is 1. The van der Waals surface area contributed by atoms with Crippen LogP contribution in [0.3, 0.4) is 0 Å². The number of nitrogens with two attached hydrogens (primary N) is 1. The first-order chi connectivity index (χ1) is 26.9. The van der Waals surface area contributed by atoms with E-state index >= 15 is 0 Å². The van der Waals surface area contributed by atoms with Gasteiger partial charge in [-0.1, -0.05) is 67.0 Å². The van der Waals surface area contributed by atoms with E-state index in [1.165, 1.54) is 50.2 Å². The number of hydrogen-bond acceptors (Lipinski definition) is 9. The quantitative estimate of drug-likeness (QED) is 0.0371. The molecule has 0 bridgehead atoms. The van der Waals surface area contributed by atoms with Crippen molar-refractivity contribution in [3.8, 4) is 11.5 Å². The maximum absolute atomic E-state index is 12.5. The molecule has 0 spiro atoms. The standard InChI is InChI=1S/C20H20ClN3O4.C13H14ClNO3.C7H8N2O2.CH4/c1-11-13(7-8-17(22-3)18(11)21)10-16(12(2)25)20(28)24-23-19(27)14-5-4-6-15(26)9-14;1-7-9(4-5-11(15-3)12(7)14)6-10(8(2)16)13(17)18;8-9-7(11)5-2-1-3-6(10)4-5;/h4-9,12,16,25-26H,10H2,1-2H3,(H,23,27)(H,24,28);4-5,8,10,16H,6H2,1-2H3,(H,17,18);1-4,10H,8H2,(H,9,11);1H4/t12-,16+;8-,10+;;/m00../s1. The number of aliphatic hydroxyl groups excluding tert-OH is 2. The number of halogens is 2. The van der Waals surface area contributed by atoms with Gasteiger partial charge < -0.3 is 25.5 Å². The summed E-state index contributed by atoms with van der Waals surface area (Å²) in [4.78, 5) is 53.0. The van der Waals surface area contributed by atoms with Crippen molar-refractivity contribution in [3.05, 3.63) is 139 Å². The van der Waals surface area contributed by atoms with Gasteiger partial charge in [-0.2, -0.15) is 0 Å². The molecule has 10 N–H and O–H groups in total. The van der Waals surface area contributed by atoms with Gasteiger partial charge in [0.1, 0.15) is 11.5 Å². The summed E-state index contributed by atoms with van der Waals surface area (Å²) >= 11 is 12.2. The summed E-state index contributed by atoms with van der Waals surface area (Å²) < 4.78 is 0. The minimum absolute atomic E-state index is 0. The van der Waals surface area contributed by atoms with Gasteiger partial charge in [0, 0.05) is 11.1 Å². The number of benzene rings is 4. The van der Waals surface area contributed by atoms with Crippen molar-refractivity contribution in [2.45, 2.75) is 60.2 Å². The van der Waals surface area contributed by atoms with Gasteiger partial charge in [-0.25, -0.2) is 15.5 Å². The number of carboxylic acids is 1. The minimum Gasteiger partial charge on any atom is -0.508 e. The molecule has 0 aromatic heterocycles. The Morgan fingerprint density at radius 2 is 1.12 bits per heavy atom. The number of aliphatic hydroxyl groups is 2. The minimum atomic E-state index is -1.05. The lowest BCUT2D eigenvalue weighted by Gasteiger charge is -2.21. The van der Waals surface area contributed by atoms with E-state index < -0.39 is 47.7 Å². The van der Waals surface area contributed by atoms with Crippen LogP contribution < -0.4 is 22.1 Å². The van der Waals surface area contributed by atoms with Crippen LogP contribution in [0.25, 0.3) is 9.69 Å². The number of nitrogens with zero attached hydrogens (tertiary/aromatic N) is 2. The molecule has 0 fully saturated rings. The van der Waals surface area contributed by atoms with E-state index in [9.17, 15) is 34.5 Å². The van der Waals surface area contributed by atoms with Crippen molar-refractivity contribution in [2.75, 3.05) is 0 Å². The molecule has 4 aromatic rings. The lowest BCUT2D eigenvalue weighted by atomic mass is 9.91. The summed E-state index contributed by atoms with van der Waals surface area (Å²) in [5.74, 6) is 0.481. The Bertz CT molecular complexity index is 2170. The molecular formula is C41H46Cl2N6O9. The van der Waals surface area contributed by atoms with Gasteiger partial charge in [0.15, 0.2) is 0 Å². The van der Waals surface area contributed by atoms with Gasteiger partial charge in [-0.15, -0.1) is 0 Å². The number of nitrogens with one attached hydrogen (secondary N) is 3. The Morgan fingerprint density at radius 1 is 0.707 bits per heavy atom. The largest absolute Gasteiger partial charge is 0.508 e. The molecule has 308 valence electrons. The van der Waals surface area contributed by atoms with Crippen molar-refractivity contribution in [1.29, 1.82) is 0 Å². The summed E-state index contributed by atoms with van der Waals surface area (Å²) in [6, 6.07) is 18.1. The predicted molar refractivity (Wildman–Crippen MR) is 220 cm³/mol. The van der Waals surface area contributed by atoms with Crippen LogP contribution >= 0.6 is 23.2 Å². The molecule has 0 unspecified atom stereocenters. The molecule has 0 radical (unpaired) electrons. The molecule has 4 rings (SSSR count). The van der Waals surface area contributed by atoms with Gasteiger partial charge >= 0.3 is 5.97 Å². The van der Waals surface area contributed by atoms with E-state index in [1.807, 2.05) is 5.43 Å². The number of rotatable bonds is 10. The fraction of sp³-hybridized carbons (Fsp3) is 0.268. The first-order valence-electron chi connectivity index (χ1n) is 17.0. The van der Waals surface area contributed by atoms with Gasteiger partial charge in [-0.05, 0) is 99.2 Å². The number of carboxylic acid groups (broad SMARTS) is 1. The van der Waals surface area contributed by atoms with Gasteiger partial charge in [-0.3, -0.25) is 35.5 Å². The second-order valence-electron chi connectivity index (χ2n) is 12.5. The van der Waals surface area contributed by atoms with Crippen molar-refractivity contribution < 1.29 is 44.7 Å². The number of phenolic OH excluding ortho intramolecular Hbond substituents is 2. The number of carbonyl (C=O) groups excluding carboxylic acids is 3. The maximum Gasteiger partial charge on any atom is 0.309 e. The zero-order valence-corrected chi connectivity index (χ0v) is 32.8. The first-order valence-corrected chi connectivity index (χ1v) is 17.7. The Morgan fingerprint density at radius 3 is 1.48 bits per heavy atom. The lowest BCUT2D eigenvalue weighted by Crippen LogP contribution is -2.47. The van der Waals surface area contributed by atoms with E-state index in [0.29, 0.717) is 38.1 Å². The Balaban J connectivity index is 0.000000479. The second-order valence-corrected chi connectivity index (χ2v) is 13.3. The zero-order chi connectivity index (χ0) is 43.0. The third-order valence-electron chi connectivity index (χ3n) is 8.54. The summed E-state index contributed by atoms with van der Waals surface area (Å²) in [6.45, 7) is 20.4. The van der Waals surface area contributed by atoms with Crippen molar-refractivity contribution in [1.82, 2.24) is 16.3 Å². The number of hydrazine groups is 2. The van der Waals surface area contributed by atoms with E-state index in [2.05, 4.69) is 20.5 Å². The molecule has 4 aromatic carbocycles. The highest BCUT2D eigenvalue weighted by atomic mass is 35.5. The van der Waals surface area contributed by atoms with Gasteiger partial charge in [0.05, 0.1) is 47.2 Å². The molecule has 4 atom stereocenters. The highest BCUT2D eigenvalue weighted by molar-refractivity contribution is 6.34. The van der Waals surface area contributed by atoms with Gasteiger partial charge in [0.25, 0.3) is 11.8 Å². The van der Waals surface area contributed by atoms with Crippen molar-refractivity contribution in [3.63, 3.8) is 0 Å². The molecule has 0 saturated carbocycles. The molecule has 0 aliphatic heterocycles. The highest BCUT2D eigenvalue weighted by Crippen LogP contribution is 2.33. The molecule has 58 heavy (non-hydrogen) atoms. The number of amides is 3. The monoisotopic (exact) mass is 836 g/mol. The number of carbonyl (C=O) groups is 4. The molecule has 3 amide bonds. The fourth-order valence-electron chi connectivity index (χ4n) is 5.12. The van der Waals surface area contributed by atoms with E-state index in [0.717, 1.165) is 11.1 Å². The summed E-state index contributed by atoms with van der Waals surface area (Å²) in [7, 11) is 0. The Labute approximate surface area is 346 Å². The van der Waals surface area contributed by atoms with Crippen LogP contribution in [-0.2, 0) is 22.4 Å². The molecule has 0 heterocycles. The Hall–Kier alpha value is -6.20. The van der Waals surface area contributed by atoms with Crippen molar-refractivity contribution in [2.24, 2.45) is 17.7 Å². The fourth-order valence-corrected chi connectivity index (χ4v) is 5.57. The van der Waals surface area contributed by atoms with Crippen LogP contribution in [-0.4, -0.2) is 61.4 Å². The average molecular weight is 838 g/mol. The highest BCUT2D eigenvalue weighted by Gasteiger charge is 2.27.